The Bertz CT molecular complexity index is 779. The van der Waals surface area contributed by atoms with Crippen molar-refractivity contribution in [2.45, 2.75) is 12.0 Å². The first-order valence-corrected chi connectivity index (χ1v) is 8.20. The summed E-state index contributed by atoms with van der Waals surface area (Å²) in [4.78, 5) is 24.4. The van der Waals surface area contributed by atoms with Crippen LogP contribution in [0.4, 0.5) is 10.5 Å². The Morgan fingerprint density at radius 3 is 2.64 bits per heavy atom. The number of hydrogen-bond acceptors (Lipinski definition) is 3. The van der Waals surface area contributed by atoms with Gasteiger partial charge in [-0.1, -0.05) is 29.8 Å². The summed E-state index contributed by atoms with van der Waals surface area (Å²) in [6, 6.07) is 13.1. The van der Waals surface area contributed by atoms with Crippen LogP contribution < -0.4 is 20.7 Å². The molecule has 0 saturated carbocycles. The average molecular weight is 360 g/mol. The number of benzene rings is 2. The first-order valence-electron chi connectivity index (χ1n) is 7.82. The molecule has 0 spiro atoms. The summed E-state index contributed by atoms with van der Waals surface area (Å²) in [5, 5.41) is 8.81. The zero-order valence-corrected chi connectivity index (χ0v) is 14.3. The number of amides is 3. The van der Waals surface area contributed by atoms with E-state index < -0.39 is 12.1 Å². The highest BCUT2D eigenvalue weighted by Crippen LogP contribution is 2.31. The second kappa shape index (κ2) is 7.44. The lowest BCUT2D eigenvalue weighted by atomic mass is 9.93. The number of ether oxygens (including phenoxy) is 1. The Morgan fingerprint density at radius 2 is 1.92 bits per heavy atom. The molecule has 3 N–H and O–H groups in total. The van der Waals surface area contributed by atoms with Crippen molar-refractivity contribution >= 4 is 29.2 Å². The highest BCUT2D eigenvalue weighted by atomic mass is 35.5. The molecule has 2 unspecified atom stereocenters. The molecule has 25 heavy (non-hydrogen) atoms. The summed E-state index contributed by atoms with van der Waals surface area (Å²) in [5.41, 5.74) is 1.47. The molecule has 0 aliphatic carbocycles. The Hall–Kier alpha value is -2.73. The van der Waals surface area contributed by atoms with Gasteiger partial charge in [-0.3, -0.25) is 4.79 Å². The molecule has 0 aromatic heterocycles. The minimum atomic E-state index is -0.677. The molecular formula is C18H18ClN3O3. The van der Waals surface area contributed by atoms with Gasteiger partial charge in [0, 0.05) is 28.7 Å². The van der Waals surface area contributed by atoms with E-state index in [1.54, 1.807) is 31.4 Å². The van der Waals surface area contributed by atoms with Crippen molar-refractivity contribution in [2.24, 2.45) is 0 Å². The number of urea groups is 1. The van der Waals surface area contributed by atoms with Crippen LogP contribution in [0.3, 0.4) is 0 Å². The van der Waals surface area contributed by atoms with Gasteiger partial charge in [-0.15, -0.1) is 0 Å². The molecule has 2 aromatic carbocycles. The average Bonchev–Trinajstić information content (AvgIpc) is 2.97. The van der Waals surface area contributed by atoms with Gasteiger partial charge in [0.25, 0.3) is 0 Å². The van der Waals surface area contributed by atoms with E-state index in [2.05, 4.69) is 16.0 Å². The van der Waals surface area contributed by atoms with E-state index in [4.69, 9.17) is 16.3 Å². The fraction of sp³-hybridized carbons (Fsp3) is 0.222. The Kier molecular flexibility index (Phi) is 5.09. The van der Waals surface area contributed by atoms with Gasteiger partial charge in [0.15, 0.2) is 0 Å². The summed E-state index contributed by atoms with van der Waals surface area (Å²) in [7, 11) is 1.58. The molecule has 2 aromatic rings. The molecular weight excluding hydrogens is 342 g/mol. The highest BCUT2D eigenvalue weighted by molar-refractivity contribution is 6.30. The van der Waals surface area contributed by atoms with Crippen molar-refractivity contribution in [3.63, 3.8) is 0 Å². The first kappa shape index (κ1) is 17.1. The van der Waals surface area contributed by atoms with Crippen LogP contribution in [-0.2, 0) is 4.79 Å². The van der Waals surface area contributed by atoms with E-state index in [0.717, 1.165) is 5.56 Å². The van der Waals surface area contributed by atoms with E-state index in [0.29, 0.717) is 23.0 Å². The van der Waals surface area contributed by atoms with Crippen LogP contribution in [0.1, 0.15) is 11.5 Å². The van der Waals surface area contributed by atoms with Gasteiger partial charge in [-0.05, 0) is 30.3 Å². The van der Waals surface area contributed by atoms with Crippen LogP contribution in [0.2, 0.25) is 5.02 Å². The van der Waals surface area contributed by atoms with Crippen molar-refractivity contribution in [3.05, 3.63) is 59.1 Å². The van der Waals surface area contributed by atoms with E-state index in [1.807, 2.05) is 24.3 Å². The quantitative estimate of drug-likeness (QED) is 0.785. The fourth-order valence-electron chi connectivity index (χ4n) is 2.89. The predicted molar refractivity (Wildman–Crippen MR) is 96.1 cm³/mol. The molecule has 1 aliphatic rings. The molecule has 0 bridgehead atoms. The molecule has 1 fully saturated rings. The predicted octanol–water partition coefficient (Wildman–Crippen LogP) is 2.75. The van der Waals surface area contributed by atoms with Gasteiger partial charge >= 0.3 is 6.03 Å². The second-order valence-corrected chi connectivity index (χ2v) is 6.11. The van der Waals surface area contributed by atoms with Crippen molar-refractivity contribution < 1.29 is 14.3 Å². The summed E-state index contributed by atoms with van der Waals surface area (Å²) in [6.45, 7) is 0.436. The van der Waals surface area contributed by atoms with Gasteiger partial charge in [0.05, 0.1) is 7.11 Å². The van der Waals surface area contributed by atoms with E-state index in [1.165, 1.54) is 0 Å². The minimum Gasteiger partial charge on any atom is -0.496 e. The first-order chi connectivity index (χ1) is 12.1. The summed E-state index contributed by atoms with van der Waals surface area (Å²) >= 11 is 5.83. The number of para-hydroxylation sites is 1. The smallest absolute Gasteiger partial charge is 0.319 e. The molecule has 0 radical (unpaired) electrons. The lowest BCUT2D eigenvalue weighted by molar-refractivity contribution is -0.120. The Labute approximate surface area is 150 Å². The van der Waals surface area contributed by atoms with Crippen LogP contribution in [0.15, 0.2) is 48.5 Å². The molecule has 2 atom stereocenters. The molecule has 1 heterocycles. The monoisotopic (exact) mass is 359 g/mol. The number of hydrogen-bond donors (Lipinski definition) is 3. The number of carbonyl (C=O) groups is 2. The van der Waals surface area contributed by atoms with Crippen LogP contribution in [-0.4, -0.2) is 31.6 Å². The maximum Gasteiger partial charge on any atom is 0.319 e. The lowest BCUT2D eigenvalue weighted by Gasteiger charge is -2.20. The third-order valence-corrected chi connectivity index (χ3v) is 4.36. The summed E-state index contributed by atoms with van der Waals surface area (Å²) < 4.78 is 5.37. The second-order valence-electron chi connectivity index (χ2n) is 5.68. The maximum absolute atomic E-state index is 12.3. The maximum atomic E-state index is 12.3. The zero-order chi connectivity index (χ0) is 17.8. The lowest BCUT2D eigenvalue weighted by Crippen LogP contribution is -2.44. The Balaban J connectivity index is 1.73. The third kappa shape index (κ3) is 3.85. The van der Waals surface area contributed by atoms with Gasteiger partial charge in [-0.25, -0.2) is 4.79 Å². The topological polar surface area (TPSA) is 79.5 Å². The molecule has 130 valence electrons. The number of carbonyl (C=O) groups excluding carboxylic acids is 2. The van der Waals surface area contributed by atoms with Crippen molar-refractivity contribution in [2.75, 3.05) is 19.0 Å². The van der Waals surface area contributed by atoms with Crippen molar-refractivity contribution in [1.29, 1.82) is 0 Å². The molecule has 3 rings (SSSR count). The van der Waals surface area contributed by atoms with Crippen LogP contribution in [0, 0.1) is 0 Å². The largest absolute Gasteiger partial charge is 0.496 e. The van der Waals surface area contributed by atoms with Gasteiger partial charge in [0.1, 0.15) is 11.8 Å². The Morgan fingerprint density at radius 1 is 1.20 bits per heavy atom. The third-order valence-electron chi connectivity index (χ3n) is 4.11. The van der Waals surface area contributed by atoms with Crippen LogP contribution in [0.25, 0.3) is 0 Å². The van der Waals surface area contributed by atoms with Crippen molar-refractivity contribution in [1.82, 2.24) is 10.6 Å². The molecule has 6 nitrogen and oxygen atoms in total. The molecule has 1 saturated heterocycles. The number of rotatable bonds is 4. The minimum absolute atomic E-state index is 0.209. The molecule has 7 heteroatoms. The normalized spacial score (nSPS) is 19.2. The summed E-state index contributed by atoms with van der Waals surface area (Å²) in [6.07, 6.45) is 0. The van der Waals surface area contributed by atoms with Gasteiger partial charge < -0.3 is 20.7 Å². The van der Waals surface area contributed by atoms with Crippen molar-refractivity contribution in [3.8, 4) is 5.75 Å². The van der Waals surface area contributed by atoms with Gasteiger partial charge in [-0.2, -0.15) is 0 Å². The summed E-state index contributed by atoms with van der Waals surface area (Å²) in [5.74, 6) is 0.260. The zero-order valence-electron chi connectivity index (χ0n) is 13.6. The van der Waals surface area contributed by atoms with E-state index in [-0.39, 0.29) is 11.8 Å². The van der Waals surface area contributed by atoms with E-state index in [9.17, 15) is 9.59 Å². The standard InChI is InChI=1S/C18H18ClN3O3/c1-25-15-5-3-2-4-13(15)14-10-20-17(23)16(14)22-18(24)21-12-8-6-11(19)7-9-12/h2-9,14,16H,10H2,1H3,(H,20,23)(H2,21,22,24). The van der Waals surface area contributed by atoms with Gasteiger partial charge in [0.2, 0.25) is 5.91 Å². The fourth-order valence-corrected chi connectivity index (χ4v) is 3.02. The number of methoxy groups -OCH3 is 1. The SMILES string of the molecule is COc1ccccc1C1CNC(=O)C1NC(=O)Nc1ccc(Cl)cc1. The highest BCUT2D eigenvalue weighted by Gasteiger charge is 2.38. The van der Waals surface area contributed by atoms with Crippen LogP contribution in [0.5, 0.6) is 5.75 Å². The number of anilines is 1. The van der Waals surface area contributed by atoms with E-state index >= 15 is 0 Å². The number of nitrogens with one attached hydrogen (secondary N) is 3. The molecule has 1 aliphatic heterocycles. The number of halogens is 1. The molecule has 3 amide bonds. The van der Waals surface area contributed by atoms with Crippen LogP contribution >= 0.6 is 11.6 Å².